The third-order valence-corrected chi connectivity index (χ3v) is 6.15. The SMILES string of the molecule is Cl.O=S(=O)(c1ccccc1F)N1CCC(N2CCNCC2)C1. The van der Waals surface area contributed by atoms with Crippen LogP contribution < -0.4 is 5.32 Å². The van der Waals surface area contributed by atoms with E-state index in [-0.39, 0.29) is 23.3 Å². The lowest BCUT2D eigenvalue weighted by atomic mass is 10.2. The third-order valence-electron chi connectivity index (χ3n) is 4.25. The predicted octanol–water partition coefficient (Wildman–Crippen LogP) is 0.916. The molecule has 0 aliphatic carbocycles. The first-order valence-electron chi connectivity index (χ1n) is 7.28. The molecule has 1 atom stereocenters. The molecule has 2 fully saturated rings. The van der Waals surface area contributed by atoms with Gasteiger partial charge in [0.05, 0.1) is 0 Å². The van der Waals surface area contributed by atoms with Crippen LogP contribution in [-0.2, 0) is 10.0 Å². The lowest BCUT2D eigenvalue weighted by Gasteiger charge is -2.32. The summed E-state index contributed by atoms with van der Waals surface area (Å²) in [5, 5.41) is 3.29. The Bertz CT molecular complexity index is 608. The molecule has 8 heteroatoms. The van der Waals surface area contributed by atoms with Crippen molar-refractivity contribution in [2.24, 2.45) is 0 Å². The van der Waals surface area contributed by atoms with E-state index in [1.54, 1.807) is 6.07 Å². The average molecular weight is 350 g/mol. The molecule has 0 aromatic heterocycles. The minimum atomic E-state index is -3.72. The molecule has 2 aliphatic heterocycles. The van der Waals surface area contributed by atoms with E-state index in [2.05, 4.69) is 10.2 Å². The van der Waals surface area contributed by atoms with Crippen LogP contribution in [0.25, 0.3) is 0 Å². The van der Waals surface area contributed by atoms with Crippen molar-refractivity contribution in [3.8, 4) is 0 Å². The molecular formula is C14H21ClFN3O2S. The zero-order valence-electron chi connectivity index (χ0n) is 12.2. The lowest BCUT2D eigenvalue weighted by Crippen LogP contribution is -2.49. The summed E-state index contributed by atoms with van der Waals surface area (Å²) in [7, 11) is -3.72. The Morgan fingerprint density at radius 2 is 1.82 bits per heavy atom. The van der Waals surface area contributed by atoms with E-state index in [1.807, 2.05) is 0 Å². The van der Waals surface area contributed by atoms with Gasteiger partial charge in [-0.2, -0.15) is 4.31 Å². The first-order valence-corrected chi connectivity index (χ1v) is 8.72. The first kappa shape index (κ1) is 17.6. The molecule has 0 radical (unpaired) electrons. The highest BCUT2D eigenvalue weighted by atomic mass is 35.5. The minimum Gasteiger partial charge on any atom is -0.314 e. The van der Waals surface area contributed by atoms with Crippen molar-refractivity contribution in [1.82, 2.24) is 14.5 Å². The maximum atomic E-state index is 13.8. The van der Waals surface area contributed by atoms with Crippen molar-refractivity contribution in [2.75, 3.05) is 39.3 Å². The molecule has 5 nitrogen and oxygen atoms in total. The minimum absolute atomic E-state index is 0. The van der Waals surface area contributed by atoms with Gasteiger partial charge in [-0.15, -0.1) is 12.4 Å². The summed E-state index contributed by atoms with van der Waals surface area (Å²) in [6.45, 7) is 4.69. The summed E-state index contributed by atoms with van der Waals surface area (Å²) >= 11 is 0. The molecule has 0 amide bonds. The Morgan fingerprint density at radius 3 is 2.50 bits per heavy atom. The number of piperazine rings is 1. The Balaban J connectivity index is 0.00000176. The molecule has 1 N–H and O–H groups in total. The van der Waals surface area contributed by atoms with Crippen LogP contribution in [0.4, 0.5) is 4.39 Å². The molecule has 0 bridgehead atoms. The van der Waals surface area contributed by atoms with Crippen LogP contribution in [0.5, 0.6) is 0 Å². The van der Waals surface area contributed by atoms with Crippen molar-refractivity contribution >= 4 is 22.4 Å². The van der Waals surface area contributed by atoms with Crippen LogP contribution in [0.2, 0.25) is 0 Å². The van der Waals surface area contributed by atoms with E-state index in [0.29, 0.717) is 13.1 Å². The van der Waals surface area contributed by atoms with Gasteiger partial charge in [-0.3, -0.25) is 4.90 Å². The second-order valence-electron chi connectivity index (χ2n) is 5.52. The van der Waals surface area contributed by atoms with E-state index in [9.17, 15) is 12.8 Å². The molecule has 0 spiro atoms. The number of benzene rings is 1. The number of sulfonamides is 1. The summed E-state index contributed by atoms with van der Waals surface area (Å²) in [4.78, 5) is 2.11. The van der Waals surface area contributed by atoms with E-state index >= 15 is 0 Å². The van der Waals surface area contributed by atoms with Crippen molar-refractivity contribution in [2.45, 2.75) is 17.4 Å². The molecule has 3 rings (SSSR count). The number of halogens is 2. The molecule has 2 aliphatic rings. The van der Waals surface area contributed by atoms with Crippen molar-refractivity contribution in [3.05, 3.63) is 30.1 Å². The fourth-order valence-corrected chi connectivity index (χ4v) is 4.62. The maximum Gasteiger partial charge on any atom is 0.246 e. The summed E-state index contributed by atoms with van der Waals surface area (Å²) < 4.78 is 40.3. The number of hydrogen-bond donors (Lipinski definition) is 1. The van der Waals surface area contributed by atoms with E-state index in [4.69, 9.17) is 0 Å². The zero-order valence-corrected chi connectivity index (χ0v) is 13.9. The van der Waals surface area contributed by atoms with Gasteiger partial charge in [-0.1, -0.05) is 12.1 Å². The first-order chi connectivity index (χ1) is 10.1. The Morgan fingerprint density at radius 1 is 1.14 bits per heavy atom. The van der Waals surface area contributed by atoms with Gasteiger partial charge in [-0.25, -0.2) is 12.8 Å². The van der Waals surface area contributed by atoms with Crippen LogP contribution in [0, 0.1) is 5.82 Å². The fourth-order valence-electron chi connectivity index (χ4n) is 3.07. The van der Waals surface area contributed by atoms with Gasteiger partial charge >= 0.3 is 0 Å². The summed E-state index contributed by atoms with van der Waals surface area (Å²) in [5.41, 5.74) is 0. The van der Waals surface area contributed by atoms with Crippen LogP contribution in [0.15, 0.2) is 29.2 Å². The van der Waals surface area contributed by atoms with Crippen molar-refractivity contribution in [1.29, 1.82) is 0 Å². The van der Waals surface area contributed by atoms with E-state index in [1.165, 1.54) is 22.5 Å². The molecule has 22 heavy (non-hydrogen) atoms. The summed E-state index contributed by atoms with van der Waals surface area (Å²) in [6.07, 6.45) is 0.813. The van der Waals surface area contributed by atoms with Gasteiger partial charge in [0.25, 0.3) is 0 Å². The zero-order chi connectivity index (χ0) is 14.9. The van der Waals surface area contributed by atoms with Crippen LogP contribution in [-0.4, -0.2) is 62.9 Å². The highest BCUT2D eigenvalue weighted by Crippen LogP contribution is 2.25. The van der Waals surface area contributed by atoms with Gasteiger partial charge in [-0.05, 0) is 18.6 Å². The molecule has 2 heterocycles. The standard InChI is InChI=1S/C14H20FN3O2S.ClH/c15-13-3-1-2-4-14(13)21(19,20)18-8-5-12(11-18)17-9-6-16-7-10-17;/h1-4,12,16H,5-11H2;1H. The normalized spacial score (nSPS) is 24.1. The number of nitrogens with one attached hydrogen (secondary N) is 1. The smallest absolute Gasteiger partial charge is 0.246 e. The summed E-state index contributed by atoms with van der Waals surface area (Å²) in [6, 6.07) is 5.83. The number of hydrogen-bond acceptors (Lipinski definition) is 4. The van der Waals surface area contributed by atoms with Crippen molar-refractivity contribution < 1.29 is 12.8 Å². The largest absolute Gasteiger partial charge is 0.314 e. The Hall–Kier alpha value is -0.730. The molecule has 1 aromatic carbocycles. The Kier molecular flexibility index (Phi) is 5.79. The quantitative estimate of drug-likeness (QED) is 0.881. The monoisotopic (exact) mass is 349 g/mol. The number of rotatable bonds is 3. The third kappa shape index (κ3) is 3.44. The van der Waals surface area contributed by atoms with Gasteiger partial charge in [0.1, 0.15) is 10.7 Å². The average Bonchev–Trinajstić information content (AvgIpc) is 2.99. The molecular weight excluding hydrogens is 329 g/mol. The Labute approximate surface area is 136 Å². The van der Waals surface area contributed by atoms with E-state index < -0.39 is 15.8 Å². The van der Waals surface area contributed by atoms with Crippen molar-refractivity contribution in [3.63, 3.8) is 0 Å². The predicted molar refractivity (Wildman–Crippen MR) is 85.3 cm³/mol. The van der Waals surface area contributed by atoms with Gasteiger partial charge < -0.3 is 5.32 Å². The fraction of sp³-hybridized carbons (Fsp3) is 0.571. The maximum absolute atomic E-state index is 13.8. The van der Waals surface area contributed by atoms with Crippen LogP contribution >= 0.6 is 12.4 Å². The lowest BCUT2D eigenvalue weighted by molar-refractivity contribution is 0.179. The molecule has 124 valence electrons. The molecule has 1 unspecified atom stereocenters. The van der Waals surface area contributed by atoms with E-state index in [0.717, 1.165) is 32.6 Å². The molecule has 1 aromatic rings. The van der Waals surface area contributed by atoms with Crippen LogP contribution in [0.1, 0.15) is 6.42 Å². The second kappa shape index (κ2) is 7.23. The highest BCUT2D eigenvalue weighted by molar-refractivity contribution is 7.89. The second-order valence-corrected chi connectivity index (χ2v) is 7.43. The summed E-state index contributed by atoms with van der Waals surface area (Å²) in [5.74, 6) is -0.678. The van der Waals surface area contributed by atoms with Gasteiger partial charge in [0, 0.05) is 45.3 Å². The van der Waals surface area contributed by atoms with Gasteiger partial charge in [0.2, 0.25) is 10.0 Å². The topological polar surface area (TPSA) is 52.7 Å². The number of nitrogens with zero attached hydrogens (tertiary/aromatic N) is 2. The highest BCUT2D eigenvalue weighted by Gasteiger charge is 2.36. The van der Waals surface area contributed by atoms with Crippen LogP contribution in [0.3, 0.4) is 0 Å². The molecule has 0 saturated carbocycles. The molecule has 2 saturated heterocycles. The van der Waals surface area contributed by atoms with Gasteiger partial charge in [0.15, 0.2) is 0 Å².